The van der Waals surface area contributed by atoms with Gasteiger partial charge >= 0.3 is 0 Å². The summed E-state index contributed by atoms with van der Waals surface area (Å²) in [7, 11) is 0. The molecule has 1 aromatic rings. The number of hydrogen-bond donors (Lipinski definition) is 2. The fourth-order valence-corrected chi connectivity index (χ4v) is 3.42. The zero-order valence-corrected chi connectivity index (χ0v) is 11.1. The zero-order chi connectivity index (χ0) is 12.4. The van der Waals surface area contributed by atoms with Crippen molar-refractivity contribution in [1.82, 2.24) is 5.32 Å². The Bertz CT molecular complexity index is 408. The van der Waals surface area contributed by atoms with Crippen LogP contribution in [0.3, 0.4) is 0 Å². The monoisotopic (exact) mass is 244 g/mol. The van der Waals surface area contributed by atoms with E-state index in [-0.39, 0.29) is 6.04 Å². The fourth-order valence-electron chi connectivity index (χ4n) is 3.42. The lowest BCUT2D eigenvalue weighted by molar-refractivity contribution is 0.326. The lowest BCUT2D eigenvalue weighted by atomic mass is 9.84. The third-order valence-corrected chi connectivity index (χ3v) is 4.60. The molecule has 0 spiro atoms. The Labute approximate surface area is 110 Å². The summed E-state index contributed by atoms with van der Waals surface area (Å²) in [6.07, 6.45) is 7.74. The van der Waals surface area contributed by atoms with Gasteiger partial charge in [-0.1, -0.05) is 18.2 Å². The van der Waals surface area contributed by atoms with Crippen LogP contribution in [0, 0.1) is 5.92 Å². The van der Waals surface area contributed by atoms with Crippen LogP contribution >= 0.6 is 0 Å². The van der Waals surface area contributed by atoms with Gasteiger partial charge in [0.2, 0.25) is 0 Å². The predicted octanol–water partition coefficient (Wildman–Crippen LogP) is 2.56. The molecule has 1 aromatic carbocycles. The van der Waals surface area contributed by atoms with Crippen molar-refractivity contribution in [2.24, 2.45) is 11.7 Å². The molecule has 0 aromatic heterocycles. The van der Waals surface area contributed by atoms with Crippen LogP contribution in [0.25, 0.3) is 0 Å². The molecule has 1 aliphatic heterocycles. The fraction of sp³-hybridized carbons (Fsp3) is 0.625. The van der Waals surface area contributed by atoms with Crippen LogP contribution in [0.5, 0.6) is 0 Å². The molecule has 2 unspecified atom stereocenters. The van der Waals surface area contributed by atoms with Crippen LogP contribution in [0.15, 0.2) is 18.2 Å². The Morgan fingerprint density at radius 2 is 1.94 bits per heavy atom. The first-order valence-corrected chi connectivity index (χ1v) is 7.42. The molecular formula is C16H24N2. The van der Waals surface area contributed by atoms with Crippen molar-refractivity contribution in [1.29, 1.82) is 0 Å². The minimum Gasteiger partial charge on any atom is -0.324 e. The molecular weight excluding hydrogens is 220 g/mol. The molecule has 3 N–H and O–H groups in total. The van der Waals surface area contributed by atoms with Gasteiger partial charge in [0, 0.05) is 6.04 Å². The van der Waals surface area contributed by atoms with Crippen molar-refractivity contribution in [2.75, 3.05) is 13.1 Å². The van der Waals surface area contributed by atoms with Gasteiger partial charge in [-0.15, -0.1) is 0 Å². The highest BCUT2D eigenvalue weighted by Crippen LogP contribution is 2.29. The van der Waals surface area contributed by atoms with Gasteiger partial charge in [0.1, 0.15) is 0 Å². The van der Waals surface area contributed by atoms with Crippen LogP contribution in [-0.4, -0.2) is 13.1 Å². The summed E-state index contributed by atoms with van der Waals surface area (Å²) in [4.78, 5) is 0. The third-order valence-electron chi connectivity index (χ3n) is 4.60. The molecule has 98 valence electrons. The van der Waals surface area contributed by atoms with Crippen molar-refractivity contribution in [3.05, 3.63) is 34.9 Å². The summed E-state index contributed by atoms with van der Waals surface area (Å²) < 4.78 is 0. The Kier molecular flexibility index (Phi) is 3.67. The van der Waals surface area contributed by atoms with E-state index < -0.39 is 0 Å². The zero-order valence-electron chi connectivity index (χ0n) is 11.1. The summed E-state index contributed by atoms with van der Waals surface area (Å²) in [5, 5.41) is 3.47. The average molecular weight is 244 g/mol. The lowest BCUT2D eigenvalue weighted by Gasteiger charge is -2.29. The van der Waals surface area contributed by atoms with E-state index in [1.165, 1.54) is 44.1 Å². The molecule has 1 fully saturated rings. The van der Waals surface area contributed by atoms with Gasteiger partial charge in [0.05, 0.1) is 0 Å². The van der Waals surface area contributed by atoms with E-state index in [2.05, 4.69) is 23.5 Å². The topological polar surface area (TPSA) is 38.0 Å². The van der Waals surface area contributed by atoms with Gasteiger partial charge in [0.15, 0.2) is 0 Å². The summed E-state index contributed by atoms with van der Waals surface area (Å²) in [6, 6.07) is 7.18. The van der Waals surface area contributed by atoms with Crippen LogP contribution in [0.1, 0.15) is 48.4 Å². The Morgan fingerprint density at radius 3 is 2.72 bits per heavy atom. The van der Waals surface area contributed by atoms with Crippen molar-refractivity contribution in [3.8, 4) is 0 Å². The second kappa shape index (κ2) is 5.41. The Morgan fingerprint density at radius 1 is 1.11 bits per heavy atom. The van der Waals surface area contributed by atoms with Crippen molar-refractivity contribution in [2.45, 2.75) is 44.6 Å². The maximum Gasteiger partial charge on any atom is 0.0335 e. The van der Waals surface area contributed by atoms with E-state index in [0.29, 0.717) is 5.92 Å². The molecule has 1 saturated heterocycles. The molecule has 0 saturated carbocycles. The molecule has 2 atom stereocenters. The summed E-state index contributed by atoms with van der Waals surface area (Å²) in [6.45, 7) is 2.24. The Balaban J connectivity index is 1.78. The smallest absolute Gasteiger partial charge is 0.0335 e. The minimum absolute atomic E-state index is 0.213. The number of hydrogen-bond acceptors (Lipinski definition) is 2. The van der Waals surface area contributed by atoms with Gasteiger partial charge in [0.25, 0.3) is 0 Å². The number of piperidine rings is 1. The van der Waals surface area contributed by atoms with Gasteiger partial charge in [-0.3, -0.25) is 0 Å². The summed E-state index contributed by atoms with van der Waals surface area (Å²) in [5.41, 5.74) is 10.9. The van der Waals surface area contributed by atoms with Crippen LogP contribution < -0.4 is 11.1 Å². The predicted molar refractivity (Wildman–Crippen MR) is 75.6 cm³/mol. The molecule has 3 rings (SSSR count). The lowest BCUT2D eigenvalue weighted by Crippen LogP contribution is -2.36. The molecule has 1 aliphatic carbocycles. The van der Waals surface area contributed by atoms with E-state index in [1.807, 2.05) is 0 Å². The highest BCUT2D eigenvalue weighted by molar-refractivity contribution is 5.35. The molecule has 0 radical (unpaired) electrons. The molecule has 1 heterocycles. The molecule has 2 heteroatoms. The van der Waals surface area contributed by atoms with E-state index in [4.69, 9.17) is 5.73 Å². The first-order chi connectivity index (χ1) is 8.84. The highest BCUT2D eigenvalue weighted by atomic mass is 14.9. The Hall–Kier alpha value is -0.860. The highest BCUT2D eigenvalue weighted by Gasteiger charge is 2.22. The number of benzene rings is 1. The summed E-state index contributed by atoms with van der Waals surface area (Å²) >= 11 is 0. The second-order valence-corrected chi connectivity index (χ2v) is 5.87. The minimum atomic E-state index is 0.213. The maximum atomic E-state index is 6.46. The largest absolute Gasteiger partial charge is 0.324 e. The number of rotatable bonds is 2. The van der Waals surface area contributed by atoms with Gasteiger partial charge in [-0.25, -0.2) is 0 Å². The number of nitrogens with one attached hydrogen (secondary N) is 1. The number of fused-ring (bicyclic) bond motifs is 1. The van der Waals surface area contributed by atoms with Crippen molar-refractivity contribution < 1.29 is 0 Å². The van der Waals surface area contributed by atoms with Crippen molar-refractivity contribution >= 4 is 0 Å². The number of aryl methyl sites for hydroxylation is 2. The summed E-state index contributed by atoms with van der Waals surface area (Å²) in [5.74, 6) is 0.611. The molecule has 2 aliphatic rings. The van der Waals surface area contributed by atoms with Crippen LogP contribution in [0.4, 0.5) is 0 Å². The number of nitrogens with two attached hydrogens (primary N) is 1. The maximum absolute atomic E-state index is 6.46. The van der Waals surface area contributed by atoms with E-state index in [0.717, 1.165) is 13.1 Å². The third kappa shape index (κ3) is 2.45. The van der Waals surface area contributed by atoms with Crippen molar-refractivity contribution in [3.63, 3.8) is 0 Å². The molecule has 0 bridgehead atoms. The van der Waals surface area contributed by atoms with Gasteiger partial charge in [-0.05, 0) is 74.2 Å². The van der Waals surface area contributed by atoms with Crippen LogP contribution in [-0.2, 0) is 12.8 Å². The first kappa shape index (κ1) is 12.2. The average Bonchev–Trinajstić information content (AvgIpc) is 2.47. The standard InChI is InChI=1S/C16H24N2/c17-16(15-6-3-9-18-11-15)14-8-7-12-4-1-2-5-13(12)10-14/h7-8,10,15-16,18H,1-6,9,11,17H2. The first-order valence-electron chi connectivity index (χ1n) is 7.42. The van der Waals surface area contributed by atoms with Crippen LogP contribution in [0.2, 0.25) is 0 Å². The molecule has 2 nitrogen and oxygen atoms in total. The van der Waals surface area contributed by atoms with E-state index in [9.17, 15) is 0 Å². The van der Waals surface area contributed by atoms with Gasteiger partial charge < -0.3 is 11.1 Å². The van der Waals surface area contributed by atoms with E-state index >= 15 is 0 Å². The second-order valence-electron chi connectivity index (χ2n) is 5.87. The molecule has 0 amide bonds. The quantitative estimate of drug-likeness (QED) is 0.839. The normalized spacial score (nSPS) is 25.5. The van der Waals surface area contributed by atoms with Gasteiger partial charge in [-0.2, -0.15) is 0 Å². The SMILES string of the molecule is NC(c1ccc2c(c1)CCCC2)C1CCCNC1. The van der Waals surface area contributed by atoms with E-state index in [1.54, 1.807) is 11.1 Å². The molecule has 18 heavy (non-hydrogen) atoms.